The number of nitrogens with zero attached hydrogens (tertiary/aromatic N) is 1. The van der Waals surface area contributed by atoms with Gasteiger partial charge in [0.1, 0.15) is 5.75 Å². The van der Waals surface area contributed by atoms with Gasteiger partial charge in [0.2, 0.25) is 10.0 Å². The molecule has 38 heavy (non-hydrogen) atoms. The van der Waals surface area contributed by atoms with Crippen molar-refractivity contribution < 1.29 is 22.7 Å². The van der Waals surface area contributed by atoms with Gasteiger partial charge in [-0.15, -0.1) is 0 Å². The quantitative estimate of drug-likeness (QED) is 0.288. The average Bonchev–Trinajstić information content (AvgIpc) is 3.12. The highest BCUT2D eigenvalue weighted by atomic mass is 79.9. The van der Waals surface area contributed by atoms with Crippen molar-refractivity contribution in [2.75, 3.05) is 16.8 Å². The Hall–Kier alpha value is -2.87. The first-order chi connectivity index (χ1) is 17.9. The van der Waals surface area contributed by atoms with E-state index in [2.05, 4.69) is 21.2 Å². The molecule has 3 aromatic carbocycles. The molecule has 4 rings (SSSR count). The van der Waals surface area contributed by atoms with Gasteiger partial charge in [-0.1, -0.05) is 39.1 Å². The number of thioether (sulfide) groups is 1. The number of carbonyl (C=O) groups is 2. The zero-order chi connectivity index (χ0) is 27.6. The van der Waals surface area contributed by atoms with Crippen LogP contribution < -0.4 is 20.1 Å². The molecule has 0 atom stereocenters. The van der Waals surface area contributed by atoms with Crippen molar-refractivity contribution in [3.63, 3.8) is 0 Å². The minimum atomic E-state index is -3.84. The Morgan fingerprint density at radius 1 is 1.11 bits per heavy atom. The van der Waals surface area contributed by atoms with Crippen LogP contribution in [0.25, 0.3) is 6.08 Å². The van der Waals surface area contributed by atoms with Crippen molar-refractivity contribution >= 4 is 95.3 Å². The van der Waals surface area contributed by atoms with Crippen LogP contribution in [0.4, 0.5) is 11.4 Å². The number of sulfonamides is 1. The van der Waals surface area contributed by atoms with Gasteiger partial charge >= 0.3 is 0 Å². The number of rotatable bonds is 7. The molecular formula is C24H17BrCl2N4O5S2. The van der Waals surface area contributed by atoms with E-state index in [9.17, 15) is 18.0 Å². The number of amides is 2. The van der Waals surface area contributed by atoms with Gasteiger partial charge in [-0.3, -0.25) is 19.9 Å². The molecule has 4 N–H and O–H groups in total. The first-order valence-electron chi connectivity index (χ1n) is 10.5. The molecular weight excluding hydrogens is 639 g/mol. The van der Waals surface area contributed by atoms with Crippen LogP contribution in [-0.4, -0.2) is 32.0 Å². The Morgan fingerprint density at radius 3 is 2.47 bits per heavy atom. The molecule has 14 heteroatoms. The van der Waals surface area contributed by atoms with Crippen LogP contribution >= 0.6 is 50.9 Å². The minimum absolute atomic E-state index is 0.00932. The third-order valence-electron chi connectivity index (χ3n) is 5.07. The summed E-state index contributed by atoms with van der Waals surface area (Å²) in [6, 6.07) is 15.1. The summed E-state index contributed by atoms with van der Waals surface area (Å²) in [6.45, 7) is -0.360. The lowest BCUT2D eigenvalue weighted by atomic mass is 10.2. The van der Waals surface area contributed by atoms with E-state index >= 15 is 0 Å². The van der Waals surface area contributed by atoms with Crippen LogP contribution in [-0.2, 0) is 19.6 Å². The molecule has 1 aliphatic heterocycles. The monoisotopic (exact) mass is 654 g/mol. The SMILES string of the molecule is N=C1S/C(=C\c2cc(Br)ccc2OCC(=O)Nc2ccc(S(N)(=O)=O)cc2)C(=O)N1c1ccc(Cl)c(Cl)c1. The van der Waals surface area contributed by atoms with Gasteiger partial charge in [-0.05, 0) is 78.5 Å². The molecule has 0 saturated carbocycles. The van der Waals surface area contributed by atoms with Crippen molar-refractivity contribution in [1.29, 1.82) is 5.41 Å². The zero-order valence-corrected chi connectivity index (χ0v) is 23.8. The molecule has 0 radical (unpaired) electrons. The summed E-state index contributed by atoms with van der Waals surface area (Å²) in [6.07, 6.45) is 1.57. The molecule has 0 aliphatic carbocycles. The maximum Gasteiger partial charge on any atom is 0.271 e. The van der Waals surface area contributed by atoms with Crippen LogP contribution in [0.5, 0.6) is 5.75 Å². The summed E-state index contributed by atoms with van der Waals surface area (Å²) in [5, 5.41) is 16.6. The lowest BCUT2D eigenvalue weighted by molar-refractivity contribution is -0.118. The van der Waals surface area contributed by atoms with Crippen LogP contribution in [0, 0.1) is 5.41 Å². The molecule has 1 heterocycles. The van der Waals surface area contributed by atoms with E-state index in [1.165, 1.54) is 35.2 Å². The summed E-state index contributed by atoms with van der Waals surface area (Å²) in [5.41, 5.74) is 1.27. The molecule has 0 aromatic heterocycles. The largest absolute Gasteiger partial charge is 0.483 e. The number of hydrogen-bond acceptors (Lipinski definition) is 7. The Labute approximate surface area is 240 Å². The van der Waals surface area contributed by atoms with Crippen molar-refractivity contribution in [3.8, 4) is 5.75 Å². The lowest BCUT2D eigenvalue weighted by Gasteiger charge is -2.15. The van der Waals surface area contributed by atoms with E-state index < -0.39 is 21.8 Å². The summed E-state index contributed by atoms with van der Waals surface area (Å²) in [4.78, 5) is 26.9. The van der Waals surface area contributed by atoms with Crippen LogP contribution in [0.3, 0.4) is 0 Å². The normalized spacial score (nSPS) is 14.7. The second-order valence-electron chi connectivity index (χ2n) is 7.74. The fourth-order valence-corrected chi connectivity index (χ4v) is 5.36. The van der Waals surface area contributed by atoms with Gasteiger partial charge < -0.3 is 10.1 Å². The van der Waals surface area contributed by atoms with Gasteiger partial charge in [0, 0.05) is 15.7 Å². The number of benzene rings is 3. The molecule has 0 spiro atoms. The Morgan fingerprint density at radius 2 is 1.82 bits per heavy atom. The molecule has 196 valence electrons. The molecule has 0 unspecified atom stereocenters. The van der Waals surface area contributed by atoms with E-state index in [-0.39, 0.29) is 26.6 Å². The topological polar surface area (TPSA) is 143 Å². The highest BCUT2D eigenvalue weighted by Gasteiger charge is 2.34. The molecule has 1 aliphatic rings. The van der Waals surface area contributed by atoms with Gasteiger partial charge in [0.15, 0.2) is 11.8 Å². The number of nitrogens with one attached hydrogen (secondary N) is 2. The van der Waals surface area contributed by atoms with Gasteiger partial charge in [-0.2, -0.15) is 0 Å². The van der Waals surface area contributed by atoms with Crippen LogP contribution in [0.1, 0.15) is 5.56 Å². The summed E-state index contributed by atoms with van der Waals surface area (Å²) < 4.78 is 29.2. The van der Waals surface area contributed by atoms with Crippen LogP contribution in [0.2, 0.25) is 10.0 Å². The predicted octanol–water partition coefficient (Wildman–Crippen LogP) is 5.48. The number of amidine groups is 1. The summed E-state index contributed by atoms with van der Waals surface area (Å²) in [7, 11) is -3.84. The minimum Gasteiger partial charge on any atom is -0.483 e. The summed E-state index contributed by atoms with van der Waals surface area (Å²) in [5.74, 6) is -0.591. The van der Waals surface area contributed by atoms with Gasteiger partial charge in [-0.25, -0.2) is 13.6 Å². The number of halogens is 3. The van der Waals surface area contributed by atoms with E-state index in [1.54, 1.807) is 36.4 Å². The fourth-order valence-electron chi connectivity index (χ4n) is 3.32. The van der Waals surface area contributed by atoms with E-state index in [0.29, 0.717) is 32.2 Å². The Balaban J connectivity index is 1.49. The second-order valence-corrected chi connectivity index (χ2v) is 12.1. The highest BCUT2D eigenvalue weighted by Crippen LogP contribution is 2.38. The number of nitrogens with two attached hydrogens (primary N) is 1. The second kappa shape index (κ2) is 11.5. The number of anilines is 2. The first kappa shape index (κ1) is 28.1. The van der Waals surface area contributed by atoms with E-state index in [0.717, 1.165) is 11.8 Å². The van der Waals surface area contributed by atoms with Gasteiger partial charge in [0.25, 0.3) is 11.8 Å². The van der Waals surface area contributed by atoms with Crippen molar-refractivity contribution in [2.24, 2.45) is 5.14 Å². The lowest BCUT2D eigenvalue weighted by Crippen LogP contribution is -2.28. The number of hydrogen-bond donors (Lipinski definition) is 3. The fraction of sp³-hybridized carbons (Fsp3) is 0.0417. The van der Waals surface area contributed by atoms with Crippen molar-refractivity contribution in [1.82, 2.24) is 0 Å². The van der Waals surface area contributed by atoms with E-state index in [1.807, 2.05) is 0 Å². The average molecular weight is 656 g/mol. The molecule has 0 bridgehead atoms. The van der Waals surface area contributed by atoms with Crippen molar-refractivity contribution in [2.45, 2.75) is 4.90 Å². The molecule has 3 aromatic rings. The van der Waals surface area contributed by atoms with E-state index in [4.69, 9.17) is 38.5 Å². The Kier molecular flexibility index (Phi) is 8.50. The molecule has 2 amide bonds. The van der Waals surface area contributed by atoms with Gasteiger partial charge in [0.05, 0.1) is 25.5 Å². The smallest absolute Gasteiger partial charge is 0.271 e. The third-order valence-corrected chi connectivity index (χ3v) is 8.12. The maximum atomic E-state index is 13.1. The highest BCUT2D eigenvalue weighted by molar-refractivity contribution is 9.10. The number of primary sulfonamides is 1. The summed E-state index contributed by atoms with van der Waals surface area (Å²) >= 11 is 16.4. The third kappa shape index (κ3) is 6.57. The molecule has 9 nitrogen and oxygen atoms in total. The Bertz CT molecular complexity index is 1600. The maximum absolute atomic E-state index is 13.1. The molecule has 1 saturated heterocycles. The number of carbonyl (C=O) groups excluding carboxylic acids is 2. The standard InChI is InChI=1S/C24H17BrCl2N4O5S2/c25-14-1-8-20(36-12-22(32)30-15-2-5-17(6-3-15)38(29,34)35)13(9-14)10-21-23(33)31(24(28)37-21)16-4-7-18(26)19(27)11-16/h1-11,28H,12H2,(H,30,32)(H2,29,34,35)/b21-10-,28-24?. The van der Waals surface area contributed by atoms with Crippen molar-refractivity contribution in [3.05, 3.63) is 85.7 Å². The van der Waals surface area contributed by atoms with Crippen LogP contribution in [0.15, 0.2) is 74.9 Å². The molecule has 1 fully saturated rings. The zero-order valence-electron chi connectivity index (χ0n) is 19.1. The predicted molar refractivity (Wildman–Crippen MR) is 153 cm³/mol. The number of ether oxygens (including phenoxy) is 1. The first-order valence-corrected chi connectivity index (χ1v) is 14.5.